The first-order valence-electron chi connectivity index (χ1n) is 7.37. The molecule has 0 amide bonds. The van der Waals surface area contributed by atoms with Gasteiger partial charge in [-0.05, 0) is 30.5 Å². The average Bonchev–Trinajstić information content (AvgIpc) is 3.04. The van der Waals surface area contributed by atoms with Gasteiger partial charge in [0, 0.05) is 19.6 Å². The molecule has 1 aromatic carbocycles. The molecule has 0 radical (unpaired) electrons. The number of nitrogens with one attached hydrogen (secondary N) is 2. The number of hydrogen-bond donors (Lipinski definition) is 2. The monoisotopic (exact) mass is 289 g/mol. The van der Waals surface area contributed by atoms with Crippen molar-refractivity contribution in [1.82, 2.24) is 10.6 Å². The third-order valence-corrected chi connectivity index (χ3v) is 3.75. The van der Waals surface area contributed by atoms with E-state index in [0.717, 1.165) is 11.5 Å². The number of guanidine groups is 1. The first-order valence-corrected chi connectivity index (χ1v) is 7.37. The number of carbonyl (C=O) groups excluding carboxylic acids is 1. The van der Waals surface area contributed by atoms with E-state index in [-0.39, 0.29) is 5.97 Å². The first kappa shape index (κ1) is 15.4. The lowest BCUT2D eigenvalue weighted by molar-refractivity contribution is 0.0600. The Kier molecular flexibility index (Phi) is 5.60. The molecule has 0 atom stereocenters. The Balaban J connectivity index is 1.84. The quantitative estimate of drug-likeness (QED) is 0.506. The molecule has 1 aliphatic rings. The highest BCUT2D eigenvalue weighted by atomic mass is 16.5. The Morgan fingerprint density at radius 3 is 2.52 bits per heavy atom. The van der Waals surface area contributed by atoms with Gasteiger partial charge in [-0.3, -0.25) is 4.99 Å². The van der Waals surface area contributed by atoms with Crippen LogP contribution >= 0.6 is 0 Å². The Morgan fingerprint density at radius 1 is 1.29 bits per heavy atom. The lowest BCUT2D eigenvalue weighted by Gasteiger charge is -2.16. The minimum atomic E-state index is -0.312. The van der Waals surface area contributed by atoms with Crippen molar-refractivity contribution in [2.45, 2.75) is 38.3 Å². The van der Waals surface area contributed by atoms with Crippen molar-refractivity contribution >= 4 is 11.9 Å². The maximum Gasteiger partial charge on any atom is 0.337 e. The second-order valence-electron chi connectivity index (χ2n) is 5.24. The average molecular weight is 289 g/mol. The molecule has 21 heavy (non-hydrogen) atoms. The van der Waals surface area contributed by atoms with Gasteiger partial charge in [0.15, 0.2) is 5.96 Å². The van der Waals surface area contributed by atoms with Crippen LogP contribution < -0.4 is 10.6 Å². The SMILES string of the molecule is CN=C(NCc1ccc(C(=O)OC)cc1)NC1CCCC1. The minimum Gasteiger partial charge on any atom is -0.465 e. The van der Waals surface area contributed by atoms with E-state index < -0.39 is 0 Å². The van der Waals surface area contributed by atoms with Gasteiger partial charge in [0.25, 0.3) is 0 Å². The molecule has 1 saturated carbocycles. The second-order valence-corrected chi connectivity index (χ2v) is 5.24. The summed E-state index contributed by atoms with van der Waals surface area (Å²) in [6.07, 6.45) is 5.02. The van der Waals surface area contributed by atoms with Gasteiger partial charge in [-0.1, -0.05) is 25.0 Å². The third-order valence-electron chi connectivity index (χ3n) is 3.75. The number of carbonyl (C=O) groups is 1. The number of rotatable bonds is 4. The summed E-state index contributed by atoms with van der Waals surface area (Å²) in [5, 5.41) is 6.74. The molecule has 2 rings (SSSR count). The van der Waals surface area contributed by atoms with Crippen LogP contribution in [0.15, 0.2) is 29.3 Å². The number of esters is 1. The van der Waals surface area contributed by atoms with Crippen molar-refractivity contribution in [3.63, 3.8) is 0 Å². The summed E-state index contributed by atoms with van der Waals surface area (Å²) in [5.41, 5.74) is 1.66. The van der Waals surface area contributed by atoms with Crippen LogP contribution in [0.1, 0.15) is 41.6 Å². The highest BCUT2D eigenvalue weighted by Crippen LogP contribution is 2.17. The first-order chi connectivity index (χ1) is 10.2. The zero-order valence-corrected chi connectivity index (χ0v) is 12.7. The Bertz CT molecular complexity index is 491. The van der Waals surface area contributed by atoms with Crippen LogP contribution in [0, 0.1) is 0 Å². The van der Waals surface area contributed by atoms with Crippen molar-refractivity contribution in [3.8, 4) is 0 Å². The summed E-state index contributed by atoms with van der Waals surface area (Å²) in [6.45, 7) is 0.674. The highest BCUT2D eigenvalue weighted by Gasteiger charge is 2.15. The third kappa shape index (κ3) is 4.48. The largest absolute Gasteiger partial charge is 0.465 e. The fourth-order valence-corrected chi connectivity index (χ4v) is 2.52. The molecule has 1 fully saturated rings. The van der Waals surface area contributed by atoms with Gasteiger partial charge in [-0.25, -0.2) is 4.79 Å². The lowest BCUT2D eigenvalue weighted by Crippen LogP contribution is -2.41. The summed E-state index contributed by atoms with van der Waals surface area (Å²) in [7, 11) is 3.17. The maximum atomic E-state index is 11.4. The van der Waals surface area contributed by atoms with E-state index in [1.54, 1.807) is 19.2 Å². The van der Waals surface area contributed by atoms with Gasteiger partial charge in [-0.2, -0.15) is 0 Å². The molecular weight excluding hydrogens is 266 g/mol. The van der Waals surface area contributed by atoms with Crippen LogP contribution in [0.5, 0.6) is 0 Å². The van der Waals surface area contributed by atoms with Crippen LogP contribution in [0.3, 0.4) is 0 Å². The molecule has 1 aromatic rings. The van der Waals surface area contributed by atoms with Crippen molar-refractivity contribution in [2.75, 3.05) is 14.2 Å². The predicted molar refractivity (Wildman–Crippen MR) is 83.4 cm³/mol. The number of methoxy groups -OCH3 is 1. The number of aliphatic imine (C=N–C) groups is 1. The lowest BCUT2D eigenvalue weighted by atomic mass is 10.1. The van der Waals surface area contributed by atoms with Crippen LogP contribution in [0.25, 0.3) is 0 Å². The van der Waals surface area contributed by atoms with Gasteiger partial charge in [-0.15, -0.1) is 0 Å². The normalized spacial score (nSPS) is 15.8. The van der Waals surface area contributed by atoms with Crippen molar-refractivity contribution < 1.29 is 9.53 Å². The van der Waals surface area contributed by atoms with Gasteiger partial charge in [0.2, 0.25) is 0 Å². The molecule has 0 aliphatic heterocycles. The van der Waals surface area contributed by atoms with E-state index in [1.807, 2.05) is 12.1 Å². The van der Waals surface area contributed by atoms with Gasteiger partial charge in [0.05, 0.1) is 12.7 Å². The van der Waals surface area contributed by atoms with Crippen LogP contribution in [0.4, 0.5) is 0 Å². The molecule has 2 N–H and O–H groups in total. The second kappa shape index (κ2) is 7.67. The standard InChI is InChI=1S/C16H23N3O2/c1-17-16(19-14-5-3-4-6-14)18-11-12-7-9-13(10-8-12)15(20)21-2/h7-10,14H,3-6,11H2,1-2H3,(H2,17,18,19). The van der Waals surface area contributed by atoms with E-state index in [2.05, 4.69) is 20.4 Å². The highest BCUT2D eigenvalue weighted by molar-refractivity contribution is 5.89. The van der Waals surface area contributed by atoms with E-state index in [0.29, 0.717) is 18.2 Å². The van der Waals surface area contributed by atoms with Crippen LogP contribution in [-0.4, -0.2) is 32.1 Å². The molecule has 5 heteroatoms. The zero-order valence-electron chi connectivity index (χ0n) is 12.7. The molecule has 0 spiro atoms. The van der Waals surface area contributed by atoms with Crippen molar-refractivity contribution in [3.05, 3.63) is 35.4 Å². The van der Waals surface area contributed by atoms with E-state index in [4.69, 9.17) is 0 Å². The molecule has 114 valence electrons. The molecule has 0 bridgehead atoms. The summed E-state index contributed by atoms with van der Waals surface area (Å²) in [4.78, 5) is 15.6. The number of ether oxygens (including phenoxy) is 1. The van der Waals surface area contributed by atoms with Gasteiger partial charge < -0.3 is 15.4 Å². The molecule has 5 nitrogen and oxygen atoms in total. The van der Waals surface area contributed by atoms with E-state index in [1.165, 1.54) is 32.8 Å². The fourth-order valence-electron chi connectivity index (χ4n) is 2.52. The zero-order chi connectivity index (χ0) is 15.1. The number of hydrogen-bond acceptors (Lipinski definition) is 3. The molecular formula is C16H23N3O2. The smallest absolute Gasteiger partial charge is 0.337 e. The number of nitrogens with zero attached hydrogens (tertiary/aromatic N) is 1. The summed E-state index contributed by atoms with van der Waals surface area (Å²) in [6, 6.07) is 7.92. The van der Waals surface area contributed by atoms with Gasteiger partial charge in [0.1, 0.15) is 0 Å². The summed E-state index contributed by atoms with van der Waals surface area (Å²) >= 11 is 0. The topological polar surface area (TPSA) is 62.7 Å². The summed E-state index contributed by atoms with van der Waals surface area (Å²) < 4.78 is 4.68. The summed E-state index contributed by atoms with van der Waals surface area (Å²) in [5.74, 6) is 0.521. The Morgan fingerprint density at radius 2 is 1.95 bits per heavy atom. The predicted octanol–water partition coefficient (Wildman–Crippen LogP) is 2.08. The van der Waals surface area contributed by atoms with Crippen molar-refractivity contribution in [1.29, 1.82) is 0 Å². The fraction of sp³-hybridized carbons (Fsp3) is 0.500. The van der Waals surface area contributed by atoms with E-state index >= 15 is 0 Å². The number of benzene rings is 1. The van der Waals surface area contributed by atoms with Crippen LogP contribution in [-0.2, 0) is 11.3 Å². The molecule has 0 unspecified atom stereocenters. The van der Waals surface area contributed by atoms with Crippen molar-refractivity contribution in [2.24, 2.45) is 4.99 Å². The van der Waals surface area contributed by atoms with Crippen LogP contribution in [0.2, 0.25) is 0 Å². The molecule has 0 saturated heterocycles. The molecule has 0 aromatic heterocycles. The minimum absolute atomic E-state index is 0.312. The van der Waals surface area contributed by atoms with Gasteiger partial charge >= 0.3 is 5.97 Å². The Hall–Kier alpha value is -2.04. The Labute approximate surface area is 125 Å². The maximum absolute atomic E-state index is 11.4. The molecule has 0 heterocycles. The molecule has 1 aliphatic carbocycles. The van der Waals surface area contributed by atoms with E-state index in [9.17, 15) is 4.79 Å².